The molecule has 2 aromatic carbocycles. The van der Waals surface area contributed by atoms with Crippen molar-refractivity contribution in [1.82, 2.24) is 0 Å². The van der Waals surface area contributed by atoms with Crippen molar-refractivity contribution < 1.29 is 9.53 Å². The fourth-order valence-electron chi connectivity index (χ4n) is 1.84. The average molecular weight is 374 g/mol. The van der Waals surface area contributed by atoms with Crippen LogP contribution in [0.2, 0.25) is 10.0 Å². The van der Waals surface area contributed by atoms with Crippen molar-refractivity contribution >= 4 is 45.4 Å². The number of hydrogen-bond donors (Lipinski definition) is 0. The van der Waals surface area contributed by atoms with Crippen molar-refractivity contribution in [2.24, 2.45) is 0 Å². The molecule has 0 aliphatic carbocycles. The highest BCUT2D eigenvalue weighted by Crippen LogP contribution is 2.29. The Morgan fingerprint density at radius 2 is 2.00 bits per heavy atom. The molecule has 2 rings (SSSR count). The molecule has 0 saturated heterocycles. The molecule has 5 heteroatoms. The molecule has 0 saturated carbocycles. The Kier molecular flexibility index (Phi) is 5.08. The van der Waals surface area contributed by atoms with Gasteiger partial charge in [0.25, 0.3) is 0 Å². The second kappa shape index (κ2) is 6.61. The summed E-state index contributed by atoms with van der Waals surface area (Å²) in [6, 6.07) is 8.79. The number of benzene rings is 2. The Bertz CT molecular complexity index is 657. The molecular weight excluding hydrogens is 363 g/mol. The minimum atomic E-state index is 0.253. The number of aldehydes is 1. The molecular formula is C15H11BrCl2O2. The fraction of sp³-hybridized carbons (Fsp3) is 0.133. The lowest BCUT2D eigenvalue weighted by molar-refractivity contribution is 0.111. The van der Waals surface area contributed by atoms with Gasteiger partial charge in [0.1, 0.15) is 12.4 Å². The highest BCUT2D eigenvalue weighted by atomic mass is 79.9. The normalized spacial score (nSPS) is 10.4. The van der Waals surface area contributed by atoms with Gasteiger partial charge in [-0.3, -0.25) is 4.79 Å². The molecule has 0 atom stereocenters. The molecule has 2 nitrogen and oxygen atoms in total. The summed E-state index contributed by atoms with van der Waals surface area (Å²) in [7, 11) is 0. The number of carbonyl (C=O) groups excluding carboxylic acids is 1. The summed E-state index contributed by atoms with van der Waals surface area (Å²) in [5.74, 6) is 0.555. The van der Waals surface area contributed by atoms with Gasteiger partial charge in [0.05, 0.1) is 5.56 Å². The van der Waals surface area contributed by atoms with Gasteiger partial charge >= 0.3 is 0 Å². The molecule has 0 N–H and O–H groups in total. The van der Waals surface area contributed by atoms with Crippen LogP contribution in [0.4, 0.5) is 0 Å². The largest absolute Gasteiger partial charge is 0.488 e. The third-order valence-corrected chi connectivity index (χ3v) is 3.84. The van der Waals surface area contributed by atoms with Crippen LogP contribution in [0.5, 0.6) is 5.75 Å². The van der Waals surface area contributed by atoms with E-state index in [-0.39, 0.29) is 6.61 Å². The first kappa shape index (κ1) is 15.4. The van der Waals surface area contributed by atoms with Crippen LogP contribution < -0.4 is 4.74 Å². The highest BCUT2D eigenvalue weighted by molar-refractivity contribution is 9.10. The molecule has 0 aromatic heterocycles. The Balaban J connectivity index is 2.27. The molecule has 104 valence electrons. The third-order valence-electron chi connectivity index (χ3n) is 2.77. The smallest absolute Gasteiger partial charge is 0.153 e. The summed E-state index contributed by atoms with van der Waals surface area (Å²) < 4.78 is 6.58. The lowest BCUT2D eigenvalue weighted by Crippen LogP contribution is -2.01. The van der Waals surface area contributed by atoms with Crippen LogP contribution in [-0.4, -0.2) is 6.29 Å². The van der Waals surface area contributed by atoms with E-state index in [1.807, 2.05) is 13.0 Å². The summed E-state index contributed by atoms with van der Waals surface area (Å²) >= 11 is 15.4. The van der Waals surface area contributed by atoms with Gasteiger partial charge in [-0.15, -0.1) is 0 Å². The van der Waals surface area contributed by atoms with E-state index < -0.39 is 0 Å². The Labute approximate surface area is 135 Å². The zero-order valence-electron chi connectivity index (χ0n) is 10.6. The van der Waals surface area contributed by atoms with E-state index in [0.717, 1.165) is 21.9 Å². The van der Waals surface area contributed by atoms with Gasteiger partial charge in [0, 0.05) is 20.1 Å². The number of rotatable bonds is 4. The Morgan fingerprint density at radius 1 is 1.25 bits per heavy atom. The number of aryl methyl sites for hydroxylation is 1. The SMILES string of the molecule is Cc1cc(Br)cc(C=O)c1OCc1cc(Cl)ccc1Cl. The Morgan fingerprint density at radius 3 is 2.70 bits per heavy atom. The van der Waals surface area contributed by atoms with Crippen LogP contribution >= 0.6 is 39.1 Å². The van der Waals surface area contributed by atoms with E-state index in [2.05, 4.69) is 15.9 Å². The lowest BCUT2D eigenvalue weighted by atomic mass is 10.1. The summed E-state index contributed by atoms with van der Waals surface area (Å²) in [6.45, 7) is 2.13. The molecule has 0 spiro atoms. The molecule has 0 heterocycles. The summed E-state index contributed by atoms with van der Waals surface area (Å²) in [4.78, 5) is 11.1. The number of ether oxygens (including phenoxy) is 1. The van der Waals surface area contributed by atoms with Gasteiger partial charge in [-0.05, 0) is 42.8 Å². The summed E-state index contributed by atoms with van der Waals surface area (Å²) in [5.41, 5.74) is 2.15. The minimum absolute atomic E-state index is 0.253. The molecule has 0 amide bonds. The van der Waals surface area contributed by atoms with Crippen molar-refractivity contribution in [3.8, 4) is 5.75 Å². The molecule has 0 aliphatic heterocycles. The molecule has 0 unspecified atom stereocenters. The van der Waals surface area contributed by atoms with E-state index in [1.54, 1.807) is 24.3 Å². The van der Waals surface area contributed by atoms with Crippen molar-refractivity contribution in [3.63, 3.8) is 0 Å². The molecule has 0 fully saturated rings. The highest BCUT2D eigenvalue weighted by Gasteiger charge is 2.10. The van der Waals surface area contributed by atoms with Crippen LogP contribution in [0.1, 0.15) is 21.5 Å². The van der Waals surface area contributed by atoms with Gasteiger partial charge in [0.2, 0.25) is 0 Å². The zero-order valence-corrected chi connectivity index (χ0v) is 13.7. The minimum Gasteiger partial charge on any atom is -0.488 e. The van der Waals surface area contributed by atoms with Gasteiger partial charge in [-0.1, -0.05) is 39.1 Å². The second-order valence-corrected chi connectivity index (χ2v) is 6.04. The van der Waals surface area contributed by atoms with Gasteiger partial charge in [-0.2, -0.15) is 0 Å². The van der Waals surface area contributed by atoms with Gasteiger partial charge in [0.15, 0.2) is 6.29 Å². The standard InChI is InChI=1S/C15H11BrCl2O2/c1-9-4-12(16)5-10(7-19)15(9)20-8-11-6-13(17)2-3-14(11)18/h2-7H,8H2,1H3. The van der Waals surface area contributed by atoms with E-state index in [9.17, 15) is 4.79 Å². The first-order valence-electron chi connectivity index (χ1n) is 5.83. The van der Waals surface area contributed by atoms with Crippen molar-refractivity contribution in [2.75, 3.05) is 0 Å². The maximum atomic E-state index is 11.1. The summed E-state index contributed by atoms with van der Waals surface area (Å²) in [6.07, 6.45) is 0.771. The molecule has 20 heavy (non-hydrogen) atoms. The maximum Gasteiger partial charge on any atom is 0.153 e. The predicted octanol–water partition coefficient (Wildman–Crippen LogP) is 5.46. The van der Waals surface area contributed by atoms with Crippen LogP contribution in [0.15, 0.2) is 34.8 Å². The van der Waals surface area contributed by atoms with Crippen LogP contribution in [0.3, 0.4) is 0 Å². The number of carbonyl (C=O) groups is 1. The van der Waals surface area contributed by atoms with Crippen molar-refractivity contribution in [1.29, 1.82) is 0 Å². The van der Waals surface area contributed by atoms with Crippen molar-refractivity contribution in [2.45, 2.75) is 13.5 Å². The number of hydrogen-bond acceptors (Lipinski definition) is 2. The van der Waals surface area contributed by atoms with E-state index in [0.29, 0.717) is 21.4 Å². The number of halogens is 3. The first-order valence-corrected chi connectivity index (χ1v) is 7.38. The van der Waals surface area contributed by atoms with Crippen LogP contribution in [-0.2, 0) is 6.61 Å². The third kappa shape index (κ3) is 3.54. The van der Waals surface area contributed by atoms with Crippen LogP contribution in [0, 0.1) is 6.92 Å². The lowest BCUT2D eigenvalue weighted by Gasteiger charge is -2.13. The maximum absolute atomic E-state index is 11.1. The van der Waals surface area contributed by atoms with Crippen LogP contribution in [0.25, 0.3) is 0 Å². The van der Waals surface area contributed by atoms with E-state index >= 15 is 0 Å². The molecule has 0 aliphatic rings. The molecule has 2 aromatic rings. The first-order chi connectivity index (χ1) is 9.51. The average Bonchev–Trinajstić information content (AvgIpc) is 2.40. The molecule has 0 bridgehead atoms. The van der Waals surface area contributed by atoms with Gasteiger partial charge in [-0.25, -0.2) is 0 Å². The predicted molar refractivity (Wildman–Crippen MR) is 85.1 cm³/mol. The topological polar surface area (TPSA) is 26.3 Å². The van der Waals surface area contributed by atoms with Crippen molar-refractivity contribution in [3.05, 3.63) is 61.5 Å². The monoisotopic (exact) mass is 372 g/mol. The second-order valence-electron chi connectivity index (χ2n) is 4.28. The van der Waals surface area contributed by atoms with E-state index in [1.165, 1.54) is 0 Å². The van der Waals surface area contributed by atoms with Gasteiger partial charge < -0.3 is 4.74 Å². The fourth-order valence-corrected chi connectivity index (χ4v) is 2.80. The summed E-state index contributed by atoms with van der Waals surface area (Å²) in [5, 5.41) is 1.17. The quantitative estimate of drug-likeness (QED) is 0.665. The molecule has 0 radical (unpaired) electrons. The zero-order chi connectivity index (χ0) is 14.7. The van der Waals surface area contributed by atoms with E-state index in [4.69, 9.17) is 27.9 Å². The Hall–Kier alpha value is -1.03.